The first-order valence-corrected chi connectivity index (χ1v) is 10.3. The predicted octanol–water partition coefficient (Wildman–Crippen LogP) is 3.84. The van der Waals surface area contributed by atoms with E-state index < -0.39 is 14.6 Å². The van der Waals surface area contributed by atoms with Gasteiger partial charge in [-0.3, -0.25) is 4.79 Å². The van der Waals surface area contributed by atoms with Crippen molar-refractivity contribution in [1.82, 2.24) is 0 Å². The Morgan fingerprint density at radius 3 is 1.96 bits per heavy atom. The SMILES string of the molecule is COc1ccc(CC(=O)c2ccc(CS(=O)(=O)C(C)(C)C)cc2)cc1OC. The van der Waals surface area contributed by atoms with Crippen LogP contribution < -0.4 is 9.47 Å². The second kappa shape index (κ2) is 8.13. The first kappa shape index (κ1) is 21.0. The smallest absolute Gasteiger partial charge is 0.167 e. The van der Waals surface area contributed by atoms with E-state index in [1.54, 1.807) is 71.4 Å². The fraction of sp³-hybridized carbons (Fsp3) is 0.381. The summed E-state index contributed by atoms with van der Waals surface area (Å²) in [6, 6.07) is 12.1. The van der Waals surface area contributed by atoms with Crippen LogP contribution in [0.1, 0.15) is 42.3 Å². The molecule has 146 valence electrons. The summed E-state index contributed by atoms with van der Waals surface area (Å²) >= 11 is 0. The summed E-state index contributed by atoms with van der Waals surface area (Å²) in [5, 5.41) is 0. The van der Waals surface area contributed by atoms with Gasteiger partial charge in [0.2, 0.25) is 0 Å². The van der Waals surface area contributed by atoms with Crippen LogP contribution in [0.2, 0.25) is 0 Å². The highest BCUT2D eigenvalue weighted by molar-refractivity contribution is 7.91. The van der Waals surface area contributed by atoms with Crippen LogP contribution in [0.4, 0.5) is 0 Å². The van der Waals surface area contributed by atoms with Crippen LogP contribution >= 0.6 is 0 Å². The first-order valence-electron chi connectivity index (χ1n) is 8.63. The molecule has 0 saturated heterocycles. The molecule has 0 heterocycles. The average Bonchev–Trinajstić information content (AvgIpc) is 2.60. The molecule has 0 aliphatic rings. The standard InChI is InChI=1S/C21H26O5S/c1-21(2,3)27(23,24)14-15-6-9-17(10-7-15)18(22)12-16-8-11-19(25-4)20(13-16)26-5/h6-11,13H,12,14H2,1-5H3. The van der Waals surface area contributed by atoms with Gasteiger partial charge in [0.05, 0.1) is 24.7 Å². The van der Waals surface area contributed by atoms with Gasteiger partial charge in [0.1, 0.15) is 0 Å². The van der Waals surface area contributed by atoms with E-state index in [1.165, 1.54) is 0 Å². The third-order valence-electron chi connectivity index (χ3n) is 4.38. The predicted molar refractivity (Wildman–Crippen MR) is 106 cm³/mol. The van der Waals surface area contributed by atoms with Crippen molar-refractivity contribution in [2.45, 2.75) is 37.7 Å². The molecule has 0 N–H and O–H groups in total. The second-order valence-electron chi connectivity index (χ2n) is 7.36. The summed E-state index contributed by atoms with van der Waals surface area (Å²) in [6.07, 6.45) is 0.222. The molecule has 6 heteroatoms. The quantitative estimate of drug-likeness (QED) is 0.672. The van der Waals surface area contributed by atoms with E-state index in [1.807, 2.05) is 6.07 Å². The molecule has 0 amide bonds. The summed E-state index contributed by atoms with van der Waals surface area (Å²) in [5.74, 6) is 1.09. The van der Waals surface area contributed by atoms with E-state index in [0.29, 0.717) is 22.6 Å². The Kier molecular flexibility index (Phi) is 6.31. The number of carbonyl (C=O) groups is 1. The Labute approximate surface area is 161 Å². The van der Waals surface area contributed by atoms with Crippen LogP contribution in [0.3, 0.4) is 0 Å². The monoisotopic (exact) mass is 390 g/mol. The number of Topliss-reactive ketones (excluding diaryl/α,β-unsaturated/α-hetero) is 1. The van der Waals surface area contributed by atoms with Gasteiger partial charge in [-0.2, -0.15) is 0 Å². The molecule has 5 nitrogen and oxygen atoms in total. The summed E-state index contributed by atoms with van der Waals surface area (Å²) in [7, 11) is -0.148. The van der Waals surface area contributed by atoms with Gasteiger partial charge in [-0.05, 0) is 44.0 Å². The van der Waals surface area contributed by atoms with Crippen LogP contribution in [0.5, 0.6) is 11.5 Å². The number of ether oxygens (including phenoxy) is 2. The number of rotatable bonds is 7. The summed E-state index contributed by atoms with van der Waals surface area (Å²) in [4.78, 5) is 12.5. The van der Waals surface area contributed by atoms with E-state index in [-0.39, 0.29) is 18.0 Å². The lowest BCUT2D eigenvalue weighted by atomic mass is 10.0. The number of hydrogen-bond donors (Lipinski definition) is 0. The molecule has 0 unspecified atom stereocenters. The second-order valence-corrected chi connectivity index (χ2v) is 10.1. The Bertz CT molecular complexity index is 907. The van der Waals surface area contributed by atoms with Crippen molar-refractivity contribution in [2.24, 2.45) is 0 Å². The molecule has 0 fully saturated rings. The van der Waals surface area contributed by atoms with Crippen molar-refractivity contribution in [3.05, 3.63) is 59.2 Å². The fourth-order valence-corrected chi connectivity index (χ4v) is 3.57. The molecule has 0 atom stereocenters. The molecule has 0 radical (unpaired) electrons. The molecule has 27 heavy (non-hydrogen) atoms. The van der Waals surface area contributed by atoms with E-state index in [2.05, 4.69) is 0 Å². The van der Waals surface area contributed by atoms with Gasteiger partial charge in [0.25, 0.3) is 0 Å². The number of benzene rings is 2. The Morgan fingerprint density at radius 2 is 1.44 bits per heavy atom. The van der Waals surface area contributed by atoms with Gasteiger partial charge in [-0.25, -0.2) is 8.42 Å². The molecule has 0 saturated carbocycles. The van der Waals surface area contributed by atoms with E-state index >= 15 is 0 Å². The number of methoxy groups -OCH3 is 2. The molecule has 0 aliphatic heterocycles. The molecule has 2 aromatic rings. The van der Waals surface area contributed by atoms with Gasteiger partial charge >= 0.3 is 0 Å². The summed E-state index contributed by atoms with van der Waals surface area (Å²) in [6.45, 7) is 5.05. The molecule has 0 bridgehead atoms. The zero-order valence-electron chi connectivity index (χ0n) is 16.4. The lowest BCUT2D eigenvalue weighted by molar-refractivity contribution is 0.0993. The molecule has 2 aromatic carbocycles. The van der Waals surface area contributed by atoms with Crippen molar-refractivity contribution in [3.63, 3.8) is 0 Å². The minimum Gasteiger partial charge on any atom is -0.493 e. The minimum atomic E-state index is -3.26. The highest BCUT2D eigenvalue weighted by Gasteiger charge is 2.28. The van der Waals surface area contributed by atoms with Crippen molar-refractivity contribution < 1.29 is 22.7 Å². The maximum atomic E-state index is 12.5. The zero-order chi connectivity index (χ0) is 20.2. The van der Waals surface area contributed by atoms with Gasteiger partial charge in [0, 0.05) is 12.0 Å². The third kappa shape index (κ3) is 5.10. The molecular weight excluding hydrogens is 364 g/mol. The Balaban J connectivity index is 2.12. The highest BCUT2D eigenvalue weighted by Crippen LogP contribution is 2.28. The fourth-order valence-electron chi connectivity index (χ4n) is 2.50. The van der Waals surface area contributed by atoms with Crippen LogP contribution in [-0.2, 0) is 22.0 Å². The van der Waals surface area contributed by atoms with Gasteiger partial charge in [-0.15, -0.1) is 0 Å². The molecule has 0 aliphatic carbocycles. The topological polar surface area (TPSA) is 69.7 Å². The third-order valence-corrected chi connectivity index (χ3v) is 6.96. The number of ketones is 1. The largest absolute Gasteiger partial charge is 0.493 e. The summed E-state index contributed by atoms with van der Waals surface area (Å²) in [5.41, 5.74) is 2.03. The number of hydrogen-bond acceptors (Lipinski definition) is 5. The maximum absolute atomic E-state index is 12.5. The molecular formula is C21H26O5S. The van der Waals surface area contributed by atoms with Gasteiger partial charge in [0.15, 0.2) is 27.1 Å². The minimum absolute atomic E-state index is 0.0410. The number of sulfone groups is 1. The lowest BCUT2D eigenvalue weighted by Crippen LogP contribution is -2.29. The van der Waals surface area contributed by atoms with Gasteiger partial charge < -0.3 is 9.47 Å². The van der Waals surface area contributed by atoms with E-state index in [4.69, 9.17) is 9.47 Å². The van der Waals surface area contributed by atoms with Crippen molar-refractivity contribution >= 4 is 15.6 Å². The van der Waals surface area contributed by atoms with Crippen LogP contribution in [0.15, 0.2) is 42.5 Å². The van der Waals surface area contributed by atoms with Crippen LogP contribution in [0, 0.1) is 0 Å². The van der Waals surface area contributed by atoms with E-state index in [0.717, 1.165) is 5.56 Å². The highest BCUT2D eigenvalue weighted by atomic mass is 32.2. The van der Waals surface area contributed by atoms with E-state index in [9.17, 15) is 13.2 Å². The van der Waals surface area contributed by atoms with Gasteiger partial charge in [-0.1, -0.05) is 30.3 Å². The number of carbonyl (C=O) groups excluding carboxylic acids is 1. The maximum Gasteiger partial charge on any atom is 0.167 e. The Morgan fingerprint density at radius 1 is 0.889 bits per heavy atom. The summed E-state index contributed by atoms with van der Waals surface area (Å²) < 4.78 is 34.3. The molecule has 0 aromatic heterocycles. The lowest BCUT2D eigenvalue weighted by Gasteiger charge is -2.19. The normalized spacial score (nSPS) is 11.9. The molecule has 2 rings (SSSR count). The van der Waals surface area contributed by atoms with Crippen molar-refractivity contribution in [2.75, 3.05) is 14.2 Å². The van der Waals surface area contributed by atoms with Crippen LogP contribution in [0.25, 0.3) is 0 Å². The average molecular weight is 391 g/mol. The van der Waals surface area contributed by atoms with Crippen molar-refractivity contribution in [1.29, 1.82) is 0 Å². The Hall–Kier alpha value is -2.34. The molecule has 0 spiro atoms. The van der Waals surface area contributed by atoms with Crippen LogP contribution in [-0.4, -0.2) is 33.2 Å². The first-order chi connectivity index (χ1) is 12.6. The van der Waals surface area contributed by atoms with Crippen molar-refractivity contribution in [3.8, 4) is 11.5 Å². The zero-order valence-corrected chi connectivity index (χ0v) is 17.2.